The van der Waals surface area contributed by atoms with Crippen LogP contribution in [0.1, 0.15) is 25.1 Å². The molecule has 0 saturated carbocycles. The monoisotopic (exact) mass is 300 g/mol. The molecule has 5 heteroatoms. The van der Waals surface area contributed by atoms with Gasteiger partial charge in [-0.3, -0.25) is 4.90 Å². The third-order valence-electron chi connectivity index (χ3n) is 4.20. The van der Waals surface area contributed by atoms with E-state index >= 15 is 0 Å². The quantitative estimate of drug-likeness (QED) is 0.820. The number of benzene rings is 1. The third-order valence-corrected chi connectivity index (χ3v) is 4.20. The van der Waals surface area contributed by atoms with Gasteiger partial charge in [0.15, 0.2) is 5.82 Å². The van der Waals surface area contributed by atoms with Gasteiger partial charge in [0.25, 0.3) is 0 Å². The summed E-state index contributed by atoms with van der Waals surface area (Å²) in [4.78, 5) is 9.15. The van der Waals surface area contributed by atoms with Gasteiger partial charge in [0.2, 0.25) is 5.89 Å². The fourth-order valence-electron chi connectivity index (χ4n) is 3.10. The molecule has 0 bridgehead atoms. The van der Waals surface area contributed by atoms with E-state index in [1.165, 1.54) is 12.1 Å². The summed E-state index contributed by atoms with van der Waals surface area (Å²) in [6.45, 7) is 6.12. The maximum Gasteiger partial charge on any atom is 0.226 e. The molecule has 1 fully saturated rings. The summed E-state index contributed by atoms with van der Waals surface area (Å²) in [5.74, 6) is 2.21. The van der Waals surface area contributed by atoms with Crippen molar-refractivity contribution in [1.82, 2.24) is 15.0 Å². The molecule has 0 N–H and O–H groups in total. The highest BCUT2D eigenvalue weighted by Crippen LogP contribution is 2.24. The SMILES string of the molecule is CCc1nc(CN(C)C[C@@H]2CCN(c3ccccc3)C2)no1. The largest absolute Gasteiger partial charge is 0.371 e. The molecule has 118 valence electrons. The summed E-state index contributed by atoms with van der Waals surface area (Å²) >= 11 is 0. The number of para-hydroxylation sites is 1. The minimum absolute atomic E-state index is 0.697. The second-order valence-corrected chi connectivity index (χ2v) is 6.09. The summed E-state index contributed by atoms with van der Waals surface area (Å²) in [5.41, 5.74) is 1.33. The van der Waals surface area contributed by atoms with Crippen LogP contribution in [0.15, 0.2) is 34.9 Å². The Labute approximate surface area is 131 Å². The number of aryl methyl sites for hydroxylation is 1. The Morgan fingerprint density at radius 2 is 2.14 bits per heavy atom. The fraction of sp³-hybridized carbons (Fsp3) is 0.529. The molecule has 0 unspecified atom stereocenters. The Morgan fingerprint density at radius 3 is 2.86 bits per heavy atom. The molecule has 0 amide bonds. The zero-order valence-corrected chi connectivity index (χ0v) is 13.4. The van der Waals surface area contributed by atoms with Crippen LogP contribution < -0.4 is 4.90 Å². The van der Waals surface area contributed by atoms with E-state index in [0.717, 1.165) is 44.3 Å². The summed E-state index contributed by atoms with van der Waals surface area (Å²) in [6.07, 6.45) is 2.04. The zero-order chi connectivity index (χ0) is 15.4. The lowest BCUT2D eigenvalue weighted by Crippen LogP contribution is -2.28. The highest BCUT2D eigenvalue weighted by molar-refractivity contribution is 5.46. The molecule has 1 aliphatic heterocycles. The highest BCUT2D eigenvalue weighted by Gasteiger charge is 2.24. The predicted octanol–water partition coefficient (Wildman–Crippen LogP) is 2.59. The van der Waals surface area contributed by atoms with Gasteiger partial charge in [0, 0.05) is 31.7 Å². The third kappa shape index (κ3) is 3.65. The maximum atomic E-state index is 5.16. The fourth-order valence-corrected chi connectivity index (χ4v) is 3.10. The predicted molar refractivity (Wildman–Crippen MR) is 86.8 cm³/mol. The smallest absolute Gasteiger partial charge is 0.226 e. The van der Waals surface area contributed by atoms with Crippen LogP contribution in [-0.2, 0) is 13.0 Å². The molecule has 1 aromatic carbocycles. The number of nitrogens with zero attached hydrogens (tertiary/aromatic N) is 4. The normalized spacial score (nSPS) is 18.3. The number of aromatic nitrogens is 2. The minimum atomic E-state index is 0.697. The van der Waals surface area contributed by atoms with Crippen LogP contribution >= 0.6 is 0 Å². The van der Waals surface area contributed by atoms with Crippen LogP contribution in [-0.4, -0.2) is 41.7 Å². The van der Waals surface area contributed by atoms with Gasteiger partial charge in [-0.25, -0.2) is 0 Å². The Balaban J connectivity index is 1.49. The standard InChI is InChI=1S/C17H24N4O/c1-3-17-18-16(19-22-17)13-20(2)11-14-9-10-21(12-14)15-7-5-4-6-8-15/h4-8,14H,3,9-13H2,1-2H3/t14-/m0/s1. The summed E-state index contributed by atoms with van der Waals surface area (Å²) in [5, 5.41) is 4.03. The topological polar surface area (TPSA) is 45.4 Å². The Kier molecular flexibility index (Phi) is 4.73. The minimum Gasteiger partial charge on any atom is -0.371 e. The molecule has 2 heterocycles. The van der Waals surface area contributed by atoms with E-state index in [0.29, 0.717) is 5.92 Å². The second-order valence-electron chi connectivity index (χ2n) is 6.09. The van der Waals surface area contributed by atoms with Crippen molar-refractivity contribution in [2.75, 3.05) is 31.6 Å². The summed E-state index contributed by atoms with van der Waals surface area (Å²) < 4.78 is 5.16. The first-order chi connectivity index (χ1) is 10.7. The summed E-state index contributed by atoms with van der Waals surface area (Å²) in [7, 11) is 2.13. The van der Waals surface area contributed by atoms with E-state index in [4.69, 9.17) is 4.52 Å². The van der Waals surface area contributed by atoms with Gasteiger partial charge in [0.05, 0.1) is 6.54 Å². The van der Waals surface area contributed by atoms with Crippen molar-refractivity contribution in [2.24, 2.45) is 5.92 Å². The molecular weight excluding hydrogens is 276 g/mol. The molecular formula is C17H24N4O. The highest BCUT2D eigenvalue weighted by atomic mass is 16.5. The van der Waals surface area contributed by atoms with Crippen LogP contribution in [0, 0.1) is 5.92 Å². The number of hydrogen-bond acceptors (Lipinski definition) is 5. The van der Waals surface area contributed by atoms with Crippen molar-refractivity contribution < 1.29 is 4.52 Å². The van der Waals surface area contributed by atoms with E-state index in [-0.39, 0.29) is 0 Å². The van der Waals surface area contributed by atoms with Crippen molar-refractivity contribution in [1.29, 1.82) is 0 Å². The van der Waals surface area contributed by atoms with E-state index in [1.54, 1.807) is 0 Å². The van der Waals surface area contributed by atoms with Crippen LogP contribution in [0.25, 0.3) is 0 Å². The molecule has 0 radical (unpaired) electrons. The molecule has 5 nitrogen and oxygen atoms in total. The molecule has 22 heavy (non-hydrogen) atoms. The average molecular weight is 300 g/mol. The average Bonchev–Trinajstić information content (AvgIpc) is 3.17. The lowest BCUT2D eigenvalue weighted by atomic mass is 10.1. The van der Waals surface area contributed by atoms with Gasteiger partial charge < -0.3 is 9.42 Å². The molecule has 3 rings (SSSR count). The van der Waals surface area contributed by atoms with E-state index in [1.807, 2.05) is 6.92 Å². The first-order valence-corrected chi connectivity index (χ1v) is 8.04. The van der Waals surface area contributed by atoms with Gasteiger partial charge in [-0.15, -0.1) is 0 Å². The number of anilines is 1. The van der Waals surface area contributed by atoms with E-state index in [9.17, 15) is 0 Å². The van der Waals surface area contributed by atoms with Crippen LogP contribution in [0.3, 0.4) is 0 Å². The van der Waals surface area contributed by atoms with Crippen molar-refractivity contribution >= 4 is 5.69 Å². The van der Waals surface area contributed by atoms with Crippen molar-refractivity contribution in [3.63, 3.8) is 0 Å². The Hall–Kier alpha value is -1.88. The number of hydrogen-bond donors (Lipinski definition) is 0. The van der Waals surface area contributed by atoms with Gasteiger partial charge in [-0.1, -0.05) is 30.3 Å². The van der Waals surface area contributed by atoms with E-state index < -0.39 is 0 Å². The zero-order valence-electron chi connectivity index (χ0n) is 13.4. The Bertz CT molecular complexity index is 583. The van der Waals surface area contributed by atoms with Crippen LogP contribution in [0.4, 0.5) is 5.69 Å². The van der Waals surface area contributed by atoms with E-state index in [2.05, 4.69) is 57.3 Å². The van der Waals surface area contributed by atoms with Crippen molar-refractivity contribution in [3.05, 3.63) is 42.0 Å². The second kappa shape index (κ2) is 6.92. The molecule has 1 atom stereocenters. The van der Waals surface area contributed by atoms with Gasteiger partial charge in [-0.2, -0.15) is 4.98 Å². The number of rotatable bonds is 6. The van der Waals surface area contributed by atoms with Gasteiger partial charge in [0.1, 0.15) is 0 Å². The van der Waals surface area contributed by atoms with Crippen LogP contribution in [0.5, 0.6) is 0 Å². The van der Waals surface area contributed by atoms with Crippen molar-refractivity contribution in [2.45, 2.75) is 26.3 Å². The lowest BCUT2D eigenvalue weighted by Gasteiger charge is -2.21. The maximum absolute atomic E-state index is 5.16. The molecule has 0 aliphatic carbocycles. The first-order valence-electron chi connectivity index (χ1n) is 8.04. The van der Waals surface area contributed by atoms with Crippen LogP contribution in [0.2, 0.25) is 0 Å². The molecule has 1 aromatic heterocycles. The Morgan fingerprint density at radius 1 is 1.32 bits per heavy atom. The first kappa shape index (κ1) is 15.0. The molecule has 1 aliphatic rings. The molecule has 1 saturated heterocycles. The van der Waals surface area contributed by atoms with Crippen molar-refractivity contribution in [3.8, 4) is 0 Å². The molecule has 0 spiro atoms. The van der Waals surface area contributed by atoms with Gasteiger partial charge >= 0.3 is 0 Å². The lowest BCUT2D eigenvalue weighted by molar-refractivity contribution is 0.268. The molecule has 2 aromatic rings. The van der Waals surface area contributed by atoms with Gasteiger partial charge in [-0.05, 0) is 31.5 Å². The summed E-state index contributed by atoms with van der Waals surface area (Å²) in [6, 6.07) is 10.7.